The number of ether oxygens (including phenoxy) is 1. The van der Waals surface area contributed by atoms with Crippen LogP contribution >= 0.6 is 0 Å². The van der Waals surface area contributed by atoms with E-state index >= 15 is 0 Å². The smallest absolute Gasteiger partial charge is 0.124 e. The van der Waals surface area contributed by atoms with Crippen LogP contribution in [0.3, 0.4) is 0 Å². The topological polar surface area (TPSA) is 53.5 Å². The monoisotopic (exact) mass is 446 g/mol. The molecular weight excluding hydrogens is 408 g/mol. The third-order valence-corrected chi connectivity index (χ3v) is 5.87. The molecule has 0 aliphatic heterocycles. The highest BCUT2D eigenvalue weighted by Crippen LogP contribution is 2.29. The molecule has 0 spiro atoms. The van der Waals surface area contributed by atoms with Gasteiger partial charge in [-0.25, -0.2) is 0 Å². The van der Waals surface area contributed by atoms with Crippen LogP contribution in [0.15, 0.2) is 84.9 Å². The number of aliphatic hydroxyl groups is 1. The first-order valence-corrected chi connectivity index (χ1v) is 12.0. The standard InChI is InChI=1S/C29H38N2O2/c1-22(2)31-20-26(32)21-33-29-17-11-10-16-27(29)23(3)30-19-18-28(24-12-6-4-7-13-24)25-14-8-5-9-15-25/h4-17,22-23,26,28,30-32H,18-21H2,1-3H3. The Morgan fingerprint density at radius 2 is 1.33 bits per heavy atom. The quantitative estimate of drug-likeness (QED) is 0.334. The lowest BCUT2D eigenvalue weighted by Gasteiger charge is -2.22. The second-order valence-corrected chi connectivity index (χ2v) is 8.90. The van der Waals surface area contributed by atoms with Gasteiger partial charge in [0.15, 0.2) is 0 Å². The third-order valence-electron chi connectivity index (χ3n) is 5.87. The lowest BCUT2D eigenvalue weighted by atomic mass is 9.88. The Bertz CT molecular complexity index is 891. The number of para-hydroxylation sites is 1. The fourth-order valence-corrected chi connectivity index (χ4v) is 4.04. The fraction of sp³-hybridized carbons (Fsp3) is 0.379. The molecule has 0 aromatic heterocycles. The van der Waals surface area contributed by atoms with Gasteiger partial charge in [-0.1, -0.05) is 92.7 Å². The molecular formula is C29H38N2O2. The average Bonchev–Trinajstić information content (AvgIpc) is 2.85. The molecule has 0 radical (unpaired) electrons. The largest absolute Gasteiger partial charge is 0.490 e. The minimum absolute atomic E-state index is 0.138. The van der Waals surface area contributed by atoms with E-state index in [1.165, 1.54) is 11.1 Å². The summed E-state index contributed by atoms with van der Waals surface area (Å²) in [5.74, 6) is 1.17. The van der Waals surface area contributed by atoms with Crippen molar-refractivity contribution in [3.63, 3.8) is 0 Å². The second-order valence-electron chi connectivity index (χ2n) is 8.90. The molecule has 0 fully saturated rings. The molecule has 0 heterocycles. The minimum atomic E-state index is -0.541. The van der Waals surface area contributed by atoms with Crippen LogP contribution in [-0.2, 0) is 0 Å². The number of benzene rings is 3. The molecule has 4 heteroatoms. The van der Waals surface area contributed by atoms with Crippen molar-refractivity contribution >= 4 is 0 Å². The number of aliphatic hydroxyl groups excluding tert-OH is 1. The van der Waals surface area contributed by atoms with Crippen LogP contribution in [0.5, 0.6) is 5.75 Å². The molecule has 0 saturated carbocycles. The van der Waals surface area contributed by atoms with E-state index in [9.17, 15) is 5.11 Å². The Morgan fingerprint density at radius 1 is 0.758 bits per heavy atom. The molecule has 4 nitrogen and oxygen atoms in total. The van der Waals surface area contributed by atoms with Gasteiger partial charge in [0.05, 0.1) is 0 Å². The van der Waals surface area contributed by atoms with Crippen molar-refractivity contribution in [2.24, 2.45) is 0 Å². The molecule has 0 bridgehead atoms. The van der Waals surface area contributed by atoms with Crippen LogP contribution in [0.25, 0.3) is 0 Å². The summed E-state index contributed by atoms with van der Waals surface area (Å²) in [4.78, 5) is 0. The lowest BCUT2D eigenvalue weighted by molar-refractivity contribution is 0.104. The highest BCUT2D eigenvalue weighted by Gasteiger charge is 2.16. The summed E-state index contributed by atoms with van der Waals surface area (Å²) in [6, 6.07) is 30.0. The molecule has 3 rings (SSSR count). The summed E-state index contributed by atoms with van der Waals surface area (Å²) in [6.07, 6.45) is 0.460. The summed E-state index contributed by atoms with van der Waals surface area (Å²) in [7, 11) is 0. The second kappa shape index (κ2) is 13.1. The molecule has 176 valence electrons. The normalized spacial score (nSPS) is 13.3. The van der Waals surface area contributed by atoms with E-state index in [2.05, 4.69) is 98.1 Å². The Kier molecular flexibility index (Phi) is 9.95. The van der Waals surface area contributed by atoms with Crippen LogP contribution in [0.4, 0.5) is 0 Å². The predicted molar refractivity (Wildman–Crippen MR) is 137 cm³/mol. The van der Waals surface area contributed by atoms with Gasteiger partial charge in [-0.05, 0) is 37.1 Å². The van der Waals surface area contributed by atoms with E-state index in [1.807, 2.05) is 18.2 Å². The molecule has 3 N–H and O–H groups in total. The summed E-state index contributed by atoms with van der Waals surface area (Å²) in [6.45, 7) is 7.97. The van der Waals surface area contributed by atoms with Gasteiger partial charge < -0.3 is 20.5 Å². The van der Waals surface area contributed by atoms with E-state index in [0.29, 0.717) is 18.5 Å². The zero-order chi connectivity index (χ0) is 23.5. The molecule has 0 amide bonds. The third kappa shape index (κ3) is 8.01. The molecule has 33 heavy (non-hydrogen) atoms. The number of hydrogen-bond acceptors (Lipinski definition) is 4. The zero-order valence-corrected chi connectivity index (χ0v) is 20.1. The highest BCUT2D eigenvalue weighted by atomic mass is 16.5. The highest BCUT2D eigenvalue weighted by molar-refractivity contribution is 5.36. The molecule has 2 atom stereocenters. The lowest BCUT2D eigenvalue weighted by Crippen LogP contribution is -2.35. The Morgan fingerprint density at radius 3 is 1.94 bits per heavy atom. The van der Waals surface area contributed by atoms with Crippen LogP contribution in [0.1, 0.15) is 55.8 Å². The van der Waals surface area contributed by atoms with Gasteiger partial charge in [0, 0.05) is 30.1 Å². The number of rotatable bonds is 13. The van der Waals surface area contributed by atoms with Crippen molar-refractivity contribution in [3.05, 3.63) is 102 Å². The van der Waals surface area contributed by atoms with E-state index in [4.69, 9.17) is 4.74 Å². The molecule has 0 aliphatic carbocycles. The van der Waals surface area contributed by atoms with Crippen LogP contribution in [-0.4, -0.2) is 36.9 Å². The zero-order valence-electron chi connectivity index (χ0n) is 20.1. The Hall–Kier alpha value is -2.66. The van der Waals surface area contributed by atoms with E-state index in [0.717, 1.165) is 24.3 Å². The number of hydrogen-bond donors (Lipinski definition) is 3. The summed E-state index contributed by atoms with van der Waals surface area (Å²) < 4.78 is 5.99. The molecule has 0 aliphatic rings. The molecule has 2 unspecified atom stereocenters. The maximum atomic E-state index is 10.2. The van der Waals surface area contributed by atoms with E-state index in [1.54, 1.807) is 0 Å². The van der Waals surface area contributed by atoms with Gasteiger partial charge in [-0.15, -0.1) is 0 Å². The maximum Gasteiger partial charge on any atom is 0.124 e. The minimum Gasteiger partial charge on any atom is -0.490 e. The van der Waals surface area contributed by atoms with Crippen molar-refractivity contribution in [1.29, 1.82) is 0 Å². The van der Waals surface area contributed by atoms with Crippen LogP contribution in [0, 0.1) is 0 Å². The van der Waals surface area contributed by atoms with Crippen molar-refractivity contribution in [3.8, 4) is 5.75 Å². The first-order chi connectivity index (χ1) is 16.0. The van der Waals surface area contributed by atoms with Gasteiger partial charge in [-0.3, -0.25) is 0 Å². The first kappa shape index (κ1) is 25.0. The van der Waals surface area contributed by atoms with Crippen molar-refractivity contribution < 1.29 is 9.84 Å². The predicted octanol–water partition coefficient (Wildman–Crippen LogP) is 5.30. The van der Waals surface area contributed by atoms with Gasteiger partial charge in [0.1, 0.15) is 18.5 Å². The Labute approximate surface area is 199 Å². The van der Waals surface area contributed by atoms with E-state index in [-0.39, 0.29) is 12.6 Å². The summed E-state index contributed by atoms with van der Waals surface area (Å²) in [5, 5.41) is 17.1. The van der Waals surface area contributed by atoms with Crippen molar-refractivity contribution in [1.82, 2.24) is 10.6 Å². The number of nitrogens with one attached hydrogen (secondary N) is 2. The van der Waals surface area contributed by atoms with Crippen LogP contribution < -0.4 is 15.4 Å². The van der Waals surface area contributed by atoms with E-state index < -0.39 is 6.10 Å². The van der Waals surface area contributed by atoms with Crippen molar-refractivity contribution in [2.75, 3.05) is 19.7 Å². The summed E-state index contributed by atoms with van der Waals surface area (Å²) >= 11 is 0. The fourth-order valence-electron chi connectivity index (χ4n) is 4.04. The van der Waals surface area contributed by atoms with Gasteiger partial charge in [0.25, 0.3) is 0 Å². The first-order valence-electron chi connectivity index (χ1n) is 12.0. The van der Waals surface area contributed by atoms with Crippen molar-refractivity contribution in [2.45, 2.75) is 51.3 Å². The summed E-state index contributed by atoms with van der Waals surface area (Å²) in [5.41, 5.74) is 3.79. The van der Waals surface area contributed by atoms with Gasteiger partial charge >= 0.3 is 0 Å². The average molecular weight is 447 g/mol. The molecule has 0 saturated heterocycles. The molecule has 3 aromatic carbocycles. The SMILES string of the molecule is CC(C)NCC(O)COc1ccccc1C(C)NCCC(c1ccccc1)c1ccccc1. The van der Waals surface area contributed by atoms with Crippen LogP contribution in [0.2, 0.25) is 0 Å². The van der Waals surface area contributed by atoms with Gasteiger partial charge in [0.2, 0.25) is 0 Å². The maximum absolute atomic E-state index is 10.2. The van der Waals surface area contributed by atoms with Gasteiger partial charge in [-0.2, -0.15) is 0 Å². The molecule has 3 aromatic rings. The Balaban J connectivity index is 1.59.